The van der Waals surface area contributed by atoms with E-state index < -0.39 is 0 Å². The number of nitrogens with one attached hydrogen (secondary N) is 1. The first-order valence-electron chi connectivity index (χ1n) is 5.25. The van der Waals surface area contributed by atoms with Crippen LogP contribution in [0.2, 0.25) is 0 Å². The molecule has 0 saturated heterocycles. The molecule has 0 saturated carbocycles. The number of benzene rings is 1. The fourth-order valence-corrected chi connectivity index (χ4v) is 3.73. The average Bonchev–Trinajstić information content (AvgIpc) is 2.36. The highest BCUT2D eigenvalue weighted by Gasteiger charge is 2.23. The summed E-state index contributed by atoms with van der Waals surface area (Å²) >= 11 is 5.59. The van der Waals surface area contributed by atoms with Crippen LogP contribution in [-0.2, 0) is 5.75 Å². The maximum absolute atomic E-state index is 3.56. The predicted octanol–water partition coefficient (Wildman–Crippen LogP) is 3.59. The Morgan fingerprint density at radius 2 is 2.27 bits per heavy atom. The zero-order valence-electron chi connectivity index (χ0n) is 9.09. The number of rotatable bonds is 1. The van der Waals surface area contributed by atoms with Crippen LogP contribution in [0.3, 0.4) is 0 Å². The minimum absolute atomic E-state index is 0.493. The van der Waals surface area contributed by atoms with Gasteiger partial charge in [0.2, 0.25) is 0 Å². The molecule has 2 rings (SSSR count). The Bertz CT molecular complexity index is 353. The maximum atomic E-state index is 3.56. The third-order valence-electron chi connectivity index (χ3n) is 2.96. The van der Waals surface area contributed by atoms with Gasteiger partial charge in [-0.15, -0.1) is 0 Å². The third kappa shape index (κ3) is 2.40. The van der Waals surface area contributed by atoms with Crippen molar-refractivity contribution < 1.29 is 0 Å². The molecule has 0 aliphatic carbocycles. The van der Waals surface area contributed by atoms with Crippen LogP contribution in [0.25, 0.3) is 0 Å². The van der Waals surface area contributed by atoms with Crippen LogP contribution < -0.4 is 5.32 Å². The molecular formula is C12H16BrNS. The fraction of sp³-hybridized carbons (Fsp3) is 0.500. The molecule has 82 valence electrons. The molecule has 0 radical (unpaired) electrons. The lowest BCUT2D eigenvalue weighted by atomic mass is 9.93. The Kier molecular flexibility index (Phi) is 3.75. The Balaban J connectivity index is 2.44. The number of hydrogen-bond donors (Lipinski definition) is 1. The largest absolute Gasteiger partial charge is 0.313 e. The molecule has 1 N–H and O–H groups in total. The molecule has 1 aromatic carbocycles. The predicted molar refractivity (Wildman–Crippen MR) is 71.3 cm³/mol. The smallest absolute Gasteiger partial charge is 0.0354 e. The van der Waals surface area contributed by atoms with Crippen LogP contribution >= 0.6 is 27.7 Å². The van der Waals surface area contributed by atoms with E-state index in [9.17, 15) is 0 Å². The van der Waals surface area contributed by atoms with Gasteiger partial charge in [-0.05, 0) is 42.0 Å². The molecule has 1 aliphatic rings. The van der Waals surface area contributed by atoms with Crippen molar-refractivity contribution in [3.05, 3.63) is 33.8 Å². The highest BCUT2D eigenvalue weighted by molar-refractivity contribution is 9.10. The molecule has 3 heteroatoms. The molecule has 0 bridgehead atoms. The quantitative estimate of drug-likeness (QED) is 0.846. The molecule has 2 atom stereocenters. The van der Waals surface area contributed by atoms with Crippen LogP contribution in [0.5, 0.6) is 0 Å². The molecule has 0 spiro atoms. The number of fused-ring (bicyclic) bond motifs is 1. The van der Waals surface area contributed by atoms with E-state index in [4.69, 9.17) is 0 Å². The Hall–Kier alpha value is 0.01000. The summed E-state index contributed by atoms with van der Waals surface area (Å²) in [5.41, 5.74) is 2.94. The SMILES string of the molecule is CNC1c2cc(Br)ccc2CSCC1C. The van der Waals surface area contributed by atoms with Crippen molar-refractivity contribution in [3.63, 3.8) is 0 Å². The number of hydrogen-bond acceptors (Lipinski definition) is 2. The van der Waals surface area contributed by atoms with Crippen LogP contribution in [-0.4, -0.2) is 12.8 Å². The van der Waals surface area contributed by atoms with E-state index in [1.807, 2.05) is 11.8 Å². The number of thioether (sulfide) groups is 1. The summed E-state index contributed by atoms with van der Waals surface area (Å²) in [6.07, 6.45) is 0. The summed E-state index contributed by atoms with van der Waals surface area (Å²) in [5, 5.41) is 3.44. The minimum atomic E-state index is 0.493. The normalized spacial score (nSPS) is 25.8. The molecular weight excluding hydrogens is 270 g/mol. The highest BCUT2D eigenvalue weighted by atomic mass is 79.9. The van der Waals surface area contributed by atoms with Crippen molar-refractivity contribution >= 4 is 27.7 Å². The summed E-state index contributed by atoms with van der Waals surface area (Å²) in [5.74, 6) is 3.07. The second kappa shape index (κ2) is 4.89. The summed E-state index contributed by atoms with van der Waals surface area (Å²) in [6, 6.07) is 7.14. The van der Waals surface area contributed by atoms with Gasteiger partial charge >= 0.3 is 0 Å². The van der Waals surface area contributed by atoms with E-state index in [1.54, 1.807) is 0 Å². The molecule has 2 unspecified atom stereocenters. The van der Waals surface area contributed by atoms with Gasteiger partial charge in [-0.1, -0.05) is 28.9 Å². The van der Waals surface area contributed by atoms with Gasteiger partial charge < -0.3 is 5.32 Å². The molecule has 1 nitrogen and oxygen atoms in total. The standard InChI is InChI=1S/C12H16BrNS/c1-8-6-15-7-9-3-4-10(13)5-11(9)12(8)14-2/h3-5,8,12,14H,6-7H2,1-2H3. The van der Waals surface area contributed by atoms with Crippen molar-refractivity contribution in [2.24, 2.45) is 5.92 Å². The van der Waals surface area contributed by atoms with Gasteiger partial charge in [-0.25, -0.2) is 0 Å². The average molecular weight is 286 g/mol. The van der Waals surface area contributed by atoms with Gasteiger partial charge in [-0.2, -0.15) is 11.8 Å². The second-order valence-corrected chi connectivity index (χ2v) is 6.05. The van der Waals surface area contributed by atoms with Crippen molar-refractivity contribution in [1.82, 2.24) is 5.32 Å². The van der Waals surface area contributed by atoms with Crippen LogP contribution in [0.1, 0.15) is 24.1 Å². The molecule has 0 aromatic heterocycles. The van der Waals surface area contributed by atoms with Gasteiger partial charge in [0.05, 0.1) is 0 Å². The van der Waals surface area contributed by atoms with Crippen LogP contribution in [0, 0.1) is 5.92 Å². The molecule has 15 heavy (non-hydrogen) atoms. The van der Waals surface area contributed by atoms with Crippen LogP contribution in [0.4, 0.5) is 0 Å². The lowest BCUT2D eigenvalue weighted by molar-refractivity contribution is 0.450. The van der Waals surface area contributed by atoms with Gasteiger partial charge in [0.1, 0.15) is 0 Å². The van der Waals surface area contributed by atoms with E-state index in [1.165, 1.54) is 21.4 Å². The van der Waals surface area contributed by atoms with Gasteiger partial charge in [0, 0.05) is 16.3 Å². The van der Waals surface area contributed by atoms with E-state index in [0.29, 0.717) is 12.0 Å². The van der Waals surface area contributed by atoms with Gasteiger partial charge in [0.15, 0.2) is 0 Å². The van der Waals surface area contributed by atoms with E-state index in [2.05, 4.69) is 53.4 Å². The first-order chi connectivity index (χ1) is 7.22. The molecule has 0 fully saturated rings. The first kappa shape index (κ1) is 11.5. The first-order valence-corrected chi connectivity index (χ1v) is 7.20. The van der Waals surface area contributed by atoms with E-state index in [-0.39, 0.29) is 0 Å². The molecule has 1 aliphatic heterocycles. The summed E-state index contributed by atoms with van der Waals surface area (Å²) in [6.45, 7) is 2.32. The van der Waals surface area contributed by atoms with Crippen molar-refractivity contribution in [2.45, 2.75) is 18.7 Å². The van der Waals surface area contributed by atoms with Gasteiger partial charge in [-0.3, -0.25) is 0 Å². The Morgan fingerprint density at radius 1 is 1.47 bits per heavy atom. The highest BCUT2D eigenvalue weighted by Crippen LogP contribution is 2.35. The lowest BCUT2D eigenvalue weighted by Crippen LogP contribution is -2.24. The Morgan fingerprint density at radius 3 is 3.00 bits per heavy atom. The van der Waals surface area contributed by atoms with Gasteiger partial charge in [0.25, 0.3) is 0 Å². The van der Waals surface area contributed by atoms with Crippen molar-refractivity contribution in [1.29, 1.82) is 0 Å². The number of halogens is 1. The van der Waals surface area contributed by atoms with E-state index >= 15 is 0 Å². The topological polar surface area (TPSA) is 12.0 Å². The molecule has 1 aromatic rings. The second-order valence-electron chi connectivity index (χ2n) is 4.10. The molecule has 0 amide bonds. The molecule has 1 heterocycles. The zero-order chi connectivity index (χ0) is 10.8. The van der Waals surface area contributed by atoms with E-state index in [0.717, 1.165) is 5.75 Å². The lowest BCUT2D eigenvalue weighted by Gasteiger charge is -2.22. The minimum Gasteiger partial charge on any atom is -0.313 e. The maximum Gasteiger partial charge on any atom is 0.0354 e. The van der Waals surface area contributed by atoms with Crippen molar-refractivity contribution in [3.8, 4) is 0 Å². The third-order valence-corrected chi connectivity index (χ3v) is 4.73. The summed E-state index contributed by atoms with van der Waals surface area (Å²) in [7, 11) is 2.06. The van der Waals surface area contributed by atoms with Crippen LogP contribution in [0.15, 0.2) is 22.7 Å². The monoisotopic (exact) mass is 285 g/mol. The summed E-state index contributed by atoms with van der Waals surface area (Å²) < 4.78 is 1.18. The zero-order valence-corrected chi connectivity index (χ0v) is 11.5. The summed E-state index contributed by atoms with van der Waals surface area (Å²) in [4.78, 5) is 0. The fourth-order valence-electron chi connectivity index (χ4n) is 2.18. The Labute approximate surface area is 104 Å². The van der Waals surface area contributed by atoms with Crippen molar-refractivity contribution in [2.75, 3.05) is 12.8 Å².